The number of benzene rings is 10. The fourth-order valence-electron chi connectivity index (χ4n) is 9.53. The van der Waals surface area contributed by atoms with Crippen molar-refractivity contribution in [2.45, 2.75) is 0 Å². The van der Waals surface area contributed by atoms with Crippen LogP contribution >= 0.6 is 11.3 Å². The van der Waals surface area contributed by atoms with Crippen molar-refractivity contribution in [1.29, 1.82) is 5.41 Å². The van der Waals surface area contributed by atoms with Crippen LogP contribution in [0.4, 0.5) is 0 Å². The maximum Gasteiger partial charge on any atom is 0.161 e. The van der Waals surface area contributed by atoms with Gasteiger partial charge in [-0.25, -0.2) is 9.98 Å². The molecular formula is C63H42N4S. The van der Waals surface area contributed by atoms with Gasteiger partial charge in [-0.05, 0) is 87.0 Å². The monoisotopic (exact) mass is 886 g/mol. The predicted octanol–water partition coefficient (Wildman–Crippen LogP) is 16.7. The van der Waals surface area contributed by atoms with E-state index in [1.807, 2.05) is 66.9 Å². The number of fused-ring (bicyclic) bond motifs is 6. The molecule has 12 rings (SSSR count). The molecule has 0 bridgehead atoms. The van der Waals surface area contributed by atoms with E-state index >= 15 is 0 Å². The smallest absolute Gasteiger partial charge is 0.161 e. The molecule has 0 radical (unpaired) electrons. The normalized spacial score (nSPS) is 11.9. The van der Waals surface area contributed by atoms with Gasteiger partial charge in [-0.2, -0.15) is 0 Å². The van der Waals surface area contributed by atoms with Crippen LogP contribution in [0.2, 0.25) is 0 Å². The van der Waals surface area contributed by atoms with Gasteiger partial charge in [0.25, 0.3) is 0 Å². The molecule has 320 valence electrons. The van der Waals surface area contributed by atoms with Gasteiger partial charge in [0.05, 0.1) is 11.0 Å². The second-order valence-electron chi connectivity index (χ2n) is 16.9. The van der Waals surface area contributed by atoms with E-state index in [1.165, 1.54) is 37.3 Å². The van der Waals surface area contributed by atoms with Crippen molar-refractivity contribution >= 4 is 71.2 Å². The maximum absolute atomic E-state index is 10.1. The molecule has 0 fully saturated rings. The molecule has 68 heavy (non-hydrogen) atoms. The van der Waals surface area contributed by atoms with Crippen molar-refractivity contribution in [3.8, 4) is 50.2 Å². The molecule has 10 aromatic carbocycles. The third kappa shape index (κ3) is 7.51. The Labute approximate surface area is 398 Å². The highest BCUT2D eigenvalue weighted by Crippen LogP contribution is 2.45. The molecule has 0 amide bonds. The van der Waals surface area contributed by atoms with Gasteiger partial charge in [0.15, 0.2) is 11.7 Å². The van der Waals surface area contributed by atoms with Gasteiger partial charge < -0.3 is 4.57 Å². The number of para-hydroxylation sites is 2. The molecule has 0 aliphatic rings. The fourth-order valence-corrected chi connectivity index (χ4v) is 10.8. The van der Waals surface area contributed by atoms with Gasteiger partial charge >= 0.3 is 0 Å². The summed E-state index contributed by atoms with van der Waals surface area (Å²) >= 11 is 1.81. The first-order valence-corrected chi connectivity index (χ1v) is 23.6. The molecule has 2 heterocycles. The van der Waals surface area contributed by atoms with Crippen LogP contribution in [0.3, 0.4) is 0 Å². The maximum atomic E-state index is 10.1. The van der Waals surface area contributed by atoms with Gasteiger partial charge in [-0.3, -0.25) is 5.41 Å². The lowest BCUT2D eigenvalue weighted by Gasteiger charge is -2.17. The summed E-state index contributed by atoms with van der Waals surface area (Å²) in [5, 5.41) is 14.9. The summed E-state index contributed by atoms with van der Waals surface area (Å²) in [6.45, 7) is 0. The largest absolute Gasteiger partial charge is 0.309 e. The number of hydrogen-bond donors (Lipinski definition) is 1. The van der Waals surface area contributed by atoms with Gasteiger partial charge in [0, 0.05) is 59.5 Å². The summed E-state index contributed by atoms with van der Waals surface area (Å²) in [6, 6.07) is 85.0. The van der Waals surface area contributed by atoms with Crippen LogP contribution in [0.5, 0.6) is 0 Å². The van der Waals surface area contributed by atoms with E-state index in [4.69, 9.17) is 9.98 Å². The molecular weight excluding hydrogens is 845 g/mol. The van der Waals surface area contributed by atoms with Crippen LogP contribution < -0.4 is 0 Å². The van der Waals surface area contributed by atoms with E-state index in [0.717, 1.165) is 66.0 Å². The molecule has 0 atom stereocenters. The van der Waals surface area contributed by atoms with Crippen molar-refractivity contribution in [1.82, 2.24) is 4.57 Å². The Morgan fingerprint density at radius 2 is 1.06 bits per heavy atom. The zero-order chi connectivity index (χ0) is 45.4. The van der Waals surface area contributed by atoms with Gasteiger partial charge in [0.1, 0.15) is 0 Å². The summed E-state index contributed by atoms with van der Waals surface area (Å²) in [7, 11) is 0. The SMILES string of the molecule is N=C(N=C(N=Cc1ccccc1)c1ccccc1)c1cc(-c2cc(-c3ccccc3)ccc2-c2ccccc2)ccc1-c1cccc2c1sc1cc3c(cc12)c1ccccc1n3-c1ccccc1. The highest BCUT2D eigenvalue weighted by Gasteiger charge is 2.21. The minimum Gasteiger partial charge on any atom is -0.309 e. The number of aromatic nitrogens is 1. The molecule has 0 saturated heterocycles. The Bertz CT molecular complexity index is 3890. The van der Waals surface area contributed by atoms with Gasteiger partial charge in [-0.15, -0.1) is 11.3 Å². The Hall–Kier alpha value is -8.77. The van der Waals surface area contributed by atoms with Crippen molar-refractivity contribution in [2.75, 3.05) is 0 Å². The lowest BCUT2D eigenvalue weighted by molar-refractivity contribution is 1.18. The fraction of sp³-hybridized carbons (Fsp3) is 0. The van der Waals surface area contributed by atoms with Crippen LogP contribution in [-0.4, -0.2) is 22.5 Å². The average molecular weight is 887 g/mol. The van der Waals surface area contributed by atoms with Crippen LogP contribution in [0.25, 0.3) is 92.2 Å². The first-order chi connectivity index (χ1) is 33.6. The minimum absolute atomic E-state index is 0.124. The number of nitrogens with zero attached hydrogens (tertiary/aromatic N) is 3. The highest BCUT2D eigenvalue weighted by atomic mass is 32.1. The van der Waals surface area contributed by atoms with Gasteiger partial charge in [0.2, 0.25) is 0 Å². The molecule has 12 aromatic rings. The standard InChI is InChI=1S/C63H42N4S/c64-62(66-63(45-25-12-4-13-26-45)65-41-42-19-6-1-7-20-42)57-38-47(54-37-46(43-21-8-2-9-22-43)33-35-49(54)44-23-10-3-11-24-44)34-36-50(57)52-30-18-31-53-56-39-55-51-29-16-17-32-58(51)67(48-27-14-5-15-28-48)59(55)40-60(56)68-61(52)53/h1-41,64H. The molecule has 0 saturated carbocycles. The molecule has 0 unspecified atom stereocenters. The minimum atomic E-state index is 0.124. The van der Waals surface area contributed by atoms with Crippen molar-refractivity contribution in [3.05, 3.63) is 259 Å². The summed E-state index contributed by atoms with van der Waals surface area (Å²) in [6.07, 6.45) is 1.82. The van der Waals surface area contributed by atoms with Crippen LogP contribution in [-0.2, 0) is 0 Å². The second-order valence-corrected chi connectivity index (χ2v) is 18.0. The Morgan fingerprint density at radius 3 is 1.82 bits per heavy atom. The number of rotatable bonds is 8. The van der Waals surface area contributed by atoms with Crippen molar-refractivity contribution in [3.63, 3.8) is 0 Å². The first-order valence-electron chi connectivity index (χ1n) is 22.8. The third-order valence-corrected chi connectivity index (χ3v) is 14.0. The average Bonchev–Trinajstić information content (AvgIpc) is 3.95. The molecule has 0 aliphatic carbocycles. The van der Waals surface area contributed by atoms with E-state index in [1.54, 1.807) is 11.3 Å². The summed E-state index contributed by atoms with van der Waals surface area (Å²) < 4.78 is 4.75. The van der Waals surface area contributed by atoms with Crippen LogP contribution in [0.15, 0.2) is 253 Å². The lowest BCUT2D eigenvalue weighted by atomic mass is 9.88. The van der Waals surface area contributed by atoms with Crippen molar-refractivity contribution < 1.29 is 0 Å². The molecule has 0 spiro atoms. The zero-order valence-corrected chi connectivity index (χ0v) is 37.7. The number of aliphatic imine (C=N–C) groups is 2. The van der Waals surface area contributed by atoms with E-state index in [-0.39, 0.29) is 5.84 Å². The number of hydrogen-bond acceptors (Lipinski definition) is 2. The Kier molecular flexibility index (Phi) is 10.5. The molecule has 1 N–H and O–H groups in total. The van der Waals surface area contributed by atoms with Crippen LogP contribution in [0, 0.1) is 5.41 Å². The summed E-state index contributed by atoms with van der Waals surface area (Å²) in [4.78, 5) is 10.1. The molecule has 2 aromatic heterocycles. The van der Waals surface area contributed by atoms with E-state index in [0.29, 0.717) is 11.4 Å². The predicted molar refractivity (Wildman–Crippen MR) is 289 cm³/mol. The number of thiophene rings is 1. The molecule has 5 heteroatoms. The van der Waals surface area contributed by atoms with Crippen molar-refractivity contribution in [2.24, 2.45) is 9.98 Å². The van der Waals surface area contributed by atoms with Gasteiger partial charge in [-0.1, -0.05) is 200 Å². The summed E-state index contributed by atoms with van der Waals surface area (Å²) in [5.74, 6) is 0.586. The highest BCUT2D eigenvalue weighted by molar-refractivity contribution is 7.26. The van der Waals surface area contributed by atoms with E-state index in [9.17, 15) is 5.41 Å². The Morgan fingerprint density at radius 1 is 0.426 bits per heavy atom. The zero-order valence-electron chi connectivity index (χ0n) is 36.9. The molecule has 4 nitrogen and oxygen atoms in total. The van der Waals surface area contributed by atoms with Crippen LogP contribution in [0.1, 0.15) is 16.7 Å². The second kappa shape index (κ2) is 17.6. The topological polar surface area (TPSA) is 53.5 Å². The quantitative estimate of drug-likeness (QED) is 0.117. The first kappa shape index (κ1) is 40.7. The van der Waals surface area contributed by atoms with E-state index < -0.39 is 0 Å². The summed E-state index contributed by atoms with van der Waals surface area (Å²) in [5.41, 5.74) is 14.6. The van der Waals surface area contributed by atoms with E-state index in [2.05, 4.69) is 187 Å². The third-order valence-electron chi connectivity index (χ3n) is 12.8. The Balaban J connectivity index is 1.08. The molecule has 0 aliphatic heterocycles. The lowest BCUT2D eigenvalue weighted by Crippen LogP contribution is -2.06. The number of nitrogens with one attached hydrogen (secondary N) is 1. The number of amidine groups is 2.